The lowest BCUT2D eigenvalue weighted by molar-refractivity contribution is 0.0932. The number of hydrogen-bond acceptors (Lipinski definition) is 4. The van der Waals surface area contributed by atoms with E-state index in [4.69, 9.17) is 0 Å². The van der Waals surface area contributed by atoms with Crippen molar-refractivity contribution in [3.8, 4) is 0 Å². The minimum atomic E-state index is -0.0789. The van der Waals surface area contributed by atoms with Crippen molar-refractivity contribution in [3.63, 3.8) is 0 Å². The van der Waals surface area contributed by atoms with Crippen LogP contribution in [-0.2, 0) is 0 Å². The molecule has 1 aliphatic rings. The SMILES string of the molecule is CC(C)c1ccc(Nc2ncc(C(=O)NC3CCCCCC3)cn2)cc1. The molecule has 0 unspecified atom stereocenters. The van der Waals surface area contributed by atoms with Gasteiger partial charge in [0.1, 0.15) is 0 Å². The molecule has 138 valence electrons. The average molecular weight is 352 g/mol. The smallest absolute Gasteiger partial charge is 0.254 e. The number of amides is 1. The van der Waals surface area contributed by atoms with Crippen LogP contribution in [0.2, 0.25) is 0 Å². The molecule has 0 saturated heterocycles. The summed E-state index contributed by atoms with van der Waals surface area (Å²) in [6, 6.07) is 8.52. The van der Waals surface area contributed by atoms with Crippen LogP contribution in [0.1, 0.15) is 74.2 Å². The van der Waals surface area contributed by atoms with Crippen molar-refractivity contribution in [3.05, 3.63) is 47.8 Å². The zero-order valence-electron chi connectivity index (χ0n) is 15.7. The van der Waals surface area contributed by atoms with E-state index in [9.17, 15) is 4.79 Å². The zero-order valence-corrected chi connectivity index (χ0v) is 15.7. The lowest BCUT2D eigenvalue weighted by Crippen LogP contribution is -2.34. The van der Waals surface area contributed by atoms with E-state index in [-0.39, 0.29) is 11.9 Å². The van der Waals surface area contributed by atoms with Crippen LogP contribution in [0.4, 0.5) is 11.6 Å². The molecule has 0 aliphatic heterocycles. The van der Waals surface area contributed by atoms with Gasteiger partial charge in [0.05, 0.1) is 5.56 Å². The highest BCUT2D eigenvalue weighted by molar-refractivity contribution is 5.93. The van der Waals surface area contributed by atoms with E-state index in [1.807, 2.05) is 12.1 Å². The minimum absolute atomic E-state index is 0.0789. The van der Waals surface area contributed by atoms with Gasteiger partial charge in [-0.2, -0.15) is 0 Å². The number of carbonyl (C=O) groups is 1. The number of hydrogen-bond donors (Lipinski definition) is 2. The van der Waals surface area contributed by atoms with Crippen LogP contribution >= 0.6 is 0 Å². The van der Waals surface area contributed by atoms with Crippen LogP contribution in [0.3, 0.4) is 0 Å². The van der Waals surface area contributed by atoms with Gasteiger partial charge in [-0.1, -0.05) is 51.7 Å². The maximum Gasteiger partial charge on any atom is 0.254 e. The first-order chi connectivity index (χ1) is 12.6. The first-order valence-electron chi connectivity index (χ1n) is 9.62. The Kier molecular flexibility index (Phi) is 6.21. The number of rotatable bonds is 5. The summed E-state index contributed by atoms with van der Waals surface area (Å²) in [5.41, 5.74) is 2.74. The highest BCUT2D eigenvalue weighted by Gasteiger charge is 2.16. The molecule has 3 rings (SSSR count). The standard InChI is InChI=1S/C21H28N4O/c1-15(2)16-9-11-19(12-10-16)25-21-22-13-17(14-23-21)20(26)24-18-7-5-3-4-6-8-18/h9-15,18H,3-8H2,1-2H3,(H,24,26)(H,22,23,25). The number of carbonyl (C=O) groups excluding carboxylic acids is 1. The van der Waals surface area contributed by atoms with E-state index < -0.39 is 0 Å². The molecule has 0 bridgehead atoms. The number of anilines is 2. The van der Waals surface area contributed by atoms with Crippen LogP contribution in [0.5, 0.6) is 0 Å². The van der Waals surface area contributed by atoms with Gasteiger partial charge in [-0.3, -0.25) is 4.79 Å². The molecule has 1 saturated carbocycles. The van der Waals surface area contributed by atoms with Gasteiger partial charge in [0.25, 0.3) is 5.91 Å². The third-order valence-electron chi connectivity index (χ3n) is 4.94. The van der Waals surface area contributed by atoms with Gasteiger partial charge in [-0.25, -0.2) is 9.97 Å². The highest BCUT2D eigenvalue weighted by Crippen LogP contribution is 2.19. The molecule has 0 radical (unpaired) electrons. The maximum absolute atomic E-state index is 12.4. The Bertz CT molecular complexity index is 702. The van der Waals surface area contributed by atoms with Gasteiger partial charge in [0.2, 0.25) is 5.95 Å². The topological polar surface area (TPSA) is 66.9 Å². The van der Waals surface area contributed by atoms with Gasteiger partial charge in [-0.15, -0.1) is 0 Å². The number of benzene rings is 1. The first kappa shape index (κ1) is 18.4. The Hall–Kier alpha value is -2.43. The Morgan fingerprint density at radius 2 is 1.62 bits per heavy atom. The average Bonchev–Trinajstić information content (AvgIpc) is 2.91. The van der Waals surface area contributed by atoms with Gasteiger partial charge in [0.15, 0.2) is 0 Å². The molecule has 1 aromatic carbocycles. The van der Waals surface area contributed by atoms with Crippen molar-refractivity contribution in [1.29, 1.82) is 0 Å². The van der Waals surface area contributed by atoms with Crippen LogP contribution < -0.4 is 10.6 Å². The zero-order chi connectivity index (χ0) is 18.4. The highest BCUT2D eigenvalue weighted by atomic mass is 16.1. The molecule has 2 N–H and O–H groups in total. The first-order valence-corrected chi connectivity index (χ1v) is 9.62. The minimum Gasteiger partial charge on any atom is -0.349 e. The second-order valence-corrected chi connectivity index (χ2v) is 7.36. The van der Waals surface area contributed by atoms with Crippen molar-refractivity contribution in [2.24, 2.45) is 0 Å². The Morgan fingerprint density at radius 1 is 1.00 bits per heavy atom. The summed E-state index contributed by atoms with van der Waals surface area (Å²) in [4.78, 5) is 20.9. The van der Waals surface area contributed by atoms with Crippen molar-refractivity contribution in [2.75, 3.05) is 5.32 Å². The third-order valence-corrected chi connectivity index (χ3v) is 4.94. The predicted molar refractivity (Wildman–Crippen MR) is 105 cm³/mol. The van der Waals surface area contributed by atoms with Crippen LogP contribution in [0.15, 0.2) is 36.7 Å². The Balaban J connectivity index is 1.58. The largest absolute Gasteiger partial charge is 0.349 e. The normalized spacial score (nSPS) is 15.5. The van der Waals surface area contributed by atoms with E-state index in [0.717, 1.165) is 18.5 Å². The molecule has 1 fully saturated rings. The molecule has 1 aromatic heterocycles. The quantitative estimate of drug-likeness (QED) is 0.759. The van der Waals surface area contributed by atoms with Crippen molar-refractivity contribution in [2.45, 2.75) is 64.3 Å². The molecule has 1 heterocycles. The molecule has 0 atom stereocenters. The Morgan fingerprint density at radius 3 is 2.19 bits per heavy atom. The molecule has 5 nitrogen and oxygen atoms in total. The van der Waals surface area contributed by atoms with Gasteiger partial charge in [0, 0.05) is 24.1 Å². The fourth-order valence-corrected chi connectivity index (χ4v) is 3.28. The van der Waals surface area contributed by atoms with E-state index in [1.54, 1.807) is 12.4 Å². The fraction of sp³-hybridized carbons (Fsp3) is 0.476. The van der Waals surface area contributed by atoms with Gasteiger partial charge < -0.3 is 10.6 Å². The molecular formula is C21H28N4O. The van der Waals surface area contributed by atoms with Crippen LogP contribution in [0.25, 0.3) is 0 Å². The number of nitrogens with zero attached hydrogens (tertiary/aromatic N) is 2. The predicted octanol–water partition coefficient (Wildman–Crippen LogP) is 4.80. The van der Waals surface area contributed by atoms with Crippen LogP contribution in [-0.4, -0.2) is 21.9 Å². The summed E-state index contributed by atoms with van der Waals surface area (Å²) in [6.07, 6.45) is 10.2. The Labute approximate surface area is 155 Å². The summed E-state index contributed by atoms with van der Waals surface area (Å²) in [6.45, 7) is 4.34. The lowest BCUT2D eigenvalue weighted by Gasteiger charge is -2.16. The molecular weight excluding hydrogens is 324 g/mol. The summed E-state index contributed by atoms with van der Waals surface area (Å²) in [5.74, 6) is 0.921. The lowest BCUT2D eigenvalue weighted by atomic mass is 10.0. The fourth-order valence-electron chi connectivity index (χ4n) is 3.28. The monoisotopic (exact) mass is 352 g/mol. The molecule has 5 heteroatoms. The van der Waals surface area contributed by atoms with E-state index in [2.05, 4.69) is 46.6 Å². The second kappa shape index (κ2) is 8.79. The van der Waals surface area contributed by atoms with Crippen LogP contribution in [0, 0.1) is 0 Å². The summed E-state index contributed by atoms with van der Waals surface area (Å²) in [7, 11) is 0. The summed E-state index contributed by atoms with van der Waals surface area (Å²) < 4.78 is 0. The number of nitrogens with one attached hydrogen (secondary N) is 2. The second-order valence-electron chi connectivity index (χ2n) is 7.36. The molecule has 0 spiro atoms. The van der Waals surface area contributed by atoms with Crippen molar-refractivity contribution >= 4 is 17.5 Å². The van der Waals surface area contributed by atoms with E-state index in [0.29, 0.717) is 17.4 Å². The van der Waals surface area contributed by atoms with Gasteiger partial charge in [-0.05, 0) is 36.5 Å². The molecule has 2 aromatic rings. The van der Waals surface area contributed by atoms with Crippen molar-refractivity contribution in [1.82, 2.24) is 15.3 Å². The van der Waals surface area contributed by atoms with Crippen molar-refractivity contribution < 1.29 is 4.79 Å². The van der Waals surface area contributed by atoms with E-state index >= 15 is 0 Å². The third kappa shape index (κ3) is 5.04. The van der Waals surface area contributed by atoms with E-state index in [1.165, 1.54) is 31.2 Å². The molecule has 1 aliphatic carbocycles. The summed E-state index contributed by atoms with van der Waals surface area (Å²) in [5, 5.41) is 6.29. The number of aromatic nitrogens is 2. The summed E-state index contributed by atoms with van der Waals surface area (Å²) >= 11 is 0. The molecule has 1 amide bonds. The maximum atomic E-state index is 12.4. The van der Waals surface area contributed by atoms with Gasteiger partial charge >= 0.3 is 0 Å². The molecule has 26 heavy (non-hydrogen) atoms.